The molecule has 1 aliphatic carbocycles. The van der Waals surface area contributed by atoms with Crippen LogP contribution < -0.4 is 9.47 Å². The lowest BCUT2D eigenvalue weighted by molar-refractivity contribution is 0.0369. The van der Waals surface area contributed by atoms with Gasteiger partial charge in [-0.3, -0.25) is 0 Å². The van der Waals surface area contributed by atoms with Gasteiger partial charge >= 0.3 is 6.03 Å². The van der Waals surface area contributed by atoms with E-state index in [1.165, 1.54) is 6.33 Å². The Morgan fingerprint density at radius 1 is 1.16 bits per heavy atom. The summed E-state index contributed by atoms with van der Waals surface area (Å²) in [6, 6.07) is 3.98. The summed E-state index contributed by atoms with van der Waals surface area (Å²) < 4.78 is 17.1. The number of benzene rings is 1. The molecule has 0 N–H and O–H groups in total. The largest absolute Gasteiger partial charge is 0.493 e. The van der Waals surface area contributed by atoms with E-state index in [9.17, 15) is 4.79 Å². The first-order valence-corrected chi connectivity index (χ1v) is 10.7. The van der Waals surface area contributed by atoms with Gasteiger partial charge in [0.2, 0.25) is 0 Å². The average molecular weight is 471 g/mol. The van der Waals surface area contributed by atoms with E-state index in [1.54, 1.807) is 7.11 Å². The maximum Gasteiger partial charge on any atom is 0.320 e. The highest BCUT2D eigenvalue weighted by molar-refractivity contribution is 6.34. The van der Waals surface area contributed by atoms with Crippen LogP contribution in [0.15, 0.2) is 18.5 Å². The molecule has 0 bridgehead atoms. The first kappa shape index (κ1) is 23.6. The highest BCUT2D eigenvalue weighted by atomic mass is 35.5. The van der Waals surface area contributed by atoms with Crippen LogP contribution in [-0.4, -0.2) is 78.4 Å². The zero-order valence-electron chi connectivity index (χ0n) is 17.8. The summed E-state index contributed by atoms with van der Waals surface area (Å²) in [7, 11) is 3.51. The number of carbonyl (C=O) groups is 1. The van der Waals surface area contributed by atoms with Crippen molar-refractivity contribution in [1.82, 2.24) is 19.8 Å². The van der Waals surface area contributed by atoms with E-state index in [2.05, 4.69) is 9.97 Å². The second kappa shape index (κ2) is 10.5. The highest BCUT2D eigenvalue weighted by Crippen LogP contribution is 2.36. The zero-order chi connectivity index (χ0) is 21.1. The lowest BCUT2D eigenvalue weighted by Crippen LogP contribution is -2.51. The van der Waals surface area contributed by atoms with Crippen LogP contribution >= 0.6 is 24.0 Å². The van der Waals surface area contributed by atoms with E-state index >= 15 is 0 Å². The predicted molar refractivity (Wildman–Crippen MR) is 121 cm³/mol. The van der Waals surface area contributed by atoms with Gasteiger partial charge in [-0.25, -0.2) is 14.8 Å². The Bertz CT molecular complexity index is 902. The first-order valence-electron chi connectivity index (χ1n) is 10.3. The van der Waals surface area contributed by atoms with Crippen LogP contribution in [0.3, 0.4) is 0 Å². The number of aromatic nitrogens is 2. The van der Waals surface area contributed by atoms with Crippen molar-refractivity contribution in [3.05, 3.63) is 23.6 Å². The van der Waals surface area contributed by atoms with Gasteiger partial charge in [-0.1, -0.05) is 11.6 Å². The zero-order valence-corrected chi connectivity index (χ0v) is 19.3. The molecular weight excluding hydrogens is 443 g/mol. The summed E-state index contributed by atoms with van der Waals surface area (Å²) in [5.74, 6) is 1.27. The maximum absolute atomic E-state index is 12.7. The van der Waals surface area contributed by atoms with Crippen molar-refractivity contribution < 1.29 is 19.0 Å². The number of hydrogen-bond donors (Lipinski definition) is 0. The van der Waals surface area contributed by atoms with Crippen LogP contribution in [0.2, 0.25) is 5.15 Å². The molecule has 0 atom stereocenters. The number of halogens is 2. The molecule has 1 saturated carbocycles. The van der Waals surface area contributed by atoms with E-state index in [0.29, 0.717) is 48.5 Å². The fourth-order valence-corrected chi connectivity index (χ4v) is 4.34. The molecule has 8 nitrogen and oxygen atoms in total. The lowest BCUT2D eigenvalue weighted by atomic mass is 9.92. The molecule has 2 amide bonds. The quantitative estimate of drug-likeness (QED) is 0.632. The molecule has 1 aromatic carbocycles. The summed E-state index contributed by atoms with van der Waals surface area (Å²) in [6.45, 7) is 2.55. The fourth-order valence-electron chi connectivity index (χ4n) is 4.15. The monoisotopic (exact) mass is 470 g/mol. The van der Waals surface area contributed by atoms with Gasteiger partial charge in [0.15, 0.2) is 11.5 Å². The molecule has 31 heavy (non-hydrogen) atoms. The molecule has 1 saturated heterocycles. The molecule has 4 rings (SSSR count). The Labute approximate surface area is 193 Å². The van der Waals surface area contributed by atoms with Gasteiger partial charge < -0.3 is 24.0 Å². The molecule has 2 aliphatic rings. The average Bonchev–Trinajstić information content (AvgIpc) is 2.79. The Morgan fingerprint density at radius 3 is 2.55 bits per heavy atom. The van der Waals surface area contributed by atoms with Crippen molar-refractivity contribution >= 4 is 40.9 Å². The third-order valence-corrected chi connectivity index (χ3v) is 6.24. The summed E-state index contributed by atoms with van der Waals surface area (Å²) in [5.41, 5.74) is 0.714. The standard InChI is InChI=1S/C21H27ClN4O4.ClH/c1-25(21(27)26-7-9-29-10-8-26)14-3-5-15(6-4-14)30-19-11-16-17(12-18(19)28-2)23-13-24-20(16)22;/h11-15H,3-10H2,1-2H3;1H/t14-,15+;. The summed E-state index contributed by atoms with van der Waals surface area (Å²) in [4.78, 5) is 24.8. The van der Waals surface area contributed by atoms with Crippen LogP contribution in [-0.2, 0) is 4.74 Å². The lowest BCUT2D eigenvalue weighted by Gasteiger charge is -2.38. The number of urea groups is 1. The molecule has 2 heterocycles. The summed E-state index contributed by atoms with van der Waals surface area (Å²) in [5, 5.41) is 1.12. The Kier molecular flexibility index (Phi) is 8.02. The van der Waals surface area contributed by atoms with Crippen LogP contribution in [0, 0.1) is 0 Å². The van der Waals surface area contributed by atoms with Crippen LogP contribution in [0.25, 0.3) is 10.9 Å². The topological polar surface area (TPSA) is 77.0 Å². The number of amides is 2. The van der Waals surface area contributed by atoms with Crippen molar-refractivity contribution in [3.8, 4) is 11.5 Å². The first-order chi connectivity index (χ1) is 14.6. The van der Waals surface area contributed by atoms with Crippen molar-refractivity contribution in [1.29, 1.82) is 0 Å². The third-order valence-electron chi connectivity index (χ3n) is 5.94. The number of methoxy groups -OCH3 is 1. The van der Waals surface area contributed by atoms with Gasteiger partial charge in [0.25, 0.3) is 0 Å². The highest BCUT2D eigenvalue weighted by Gasteiger charge is 2.30. The number of carbonyl (C=O) groups excluding carboxylic acids is 1. The Hall–Kier alpha value is -2.03. The van der Waals surface area contributed by atoms with Crippen molar-refractivity contribution in [2.24, 2.45) is 0 Å². The van der Waals surface area contributed by atoms with Crippen LogP contribution in [0.1, 0.15) is 25.7 Å². The van der Waals surface area contributed by atoms with Gasteiger partial charge in [0, 0.05) is 37.6 Å². The molecule has 2 fully saturated rings. The van der Waals surface area contributed by atoms with Gasteiger partial charge in [-0.05, 0) is 31.7 Å². The van der Waals surface area contributed by atoms with Gasteiger partial charge in [-0.2, -0.15) is 0 Å². The molecule has 0 radical (unpaired) electrons. The fraction of sp³-hybridized carbons (Fsp3) is 0.571. The van der Waals surface area contributed by atoms with Gasteiger partial charge in [0.05, 0.1) is 31.9 Å². The second-order valence-electron chi connectivity index (χ2n) is 7.73. The van der Waals surface area contributed by atoms with E-state index in [-0.39, 0.29) is 30.6 Å². The summed E-state index contributed by atoms with van der Waals surface area (Å²) >= 11 is 6.22. The maximum atomic E-state index is 12.7. The smallest absolute Gasteiger partial charge is 0.320 e. The van der Waals surface area contributed by atoms with Crippen molar-refractivity contribution in [3.63, 3.8) is 0 Å². The number of rotatable bonds is 4. The minimum atomic E-state index is 0. The second-order valence-corrected chi connectivity index (χ2v) is 8.08. The van der Waals surface area contributed by atoms with Gasteiger partial charge in [-0.15, -0.1) is 12.4 Å². The Balaban J connectivity index is 0.00000272. The number of fused-ring (bicyclic) bond motifs is 1. The van der Waals surface area contributed by atoms with Crippen molar-refractivity contribution in [2.75, 3.05) is 40.5 Å². The molecule has 10 heteroatoms. The number of hydrogen-bond acceptors (Lipinski definition) is 6. The SMILES string of the molecule is COc1cc2ncnc(Cl)c2cc1O[C@H]1CC[C@@H](N(C)C(=O)N2CCOCC2)CC1.Cl. The van der Waals surface area contributed by atoms with E-state index in [0.717, 1.165) is 31.1 Å². The summed E-state index contributed by atoms with van der Waals surface area (Å²) in [6.07, 6.45) is 5.02. The molecule has 1 aliphatic heterocycles. The van der Waals surface area contributed by atoms with E-state index < -0.39 is 0 Å². The molecule has 1 aromatic heterocycles. The van der Waals surface area contributed by atoms with Gasteiger partial charge in [0.1, 0.15) is 11.5 Å². The van der Waals surface area contributed by atoms with Crippen LogP contribution in [0.5, 0.6) is 11.5 Å². The minimum Gasteiger partial charge on any atom is -0.493 e. The molecule has 2 aromatic rings. The van der Waals surface area contributed by atoms with Crippen LogP contribution in [0.4, 0.5) is 4.79 Å². The van der Waals surface area contributed by atoms with E-state index in [1.807, 2.05) is 29.0 Å². The molecule has 170 valence electrons. The number of ether oxygens (including phenoxy) is 3. The normalized spacial score (nSPS) is 21.3. The molecule has 0 unspecified atom stereocenters. The van der Waals surface area contributed by atoms with E-state index in [4.69, 9.17) is 25.8 Å². The third kappa shape index (κ3) is 5.25. The Morgan fingerprint density at radius 2 is 1.87 bits per heavy atom. The molecule has 0 spiro atoms. The van der Waals surface area contributed by atoms with Crippen molar-refractivity contribution in [2.45, 2.75) is 37.8 Å². The number of morpholine rings is 1. The number of nitrogens with zero attached hydrogens (tertiary/aromatic N) is 4. The minimum absolute atomic E-state index is 0. The molecular formula is C21H28Cl2N4O4. The predicted octanol–water partition coefficient (Wildman–Crippen LogP) is 3.79.